The third kappa shape index (κ3) is 3.96. The first-order valence-electron chi connectivity index (χ1n) is 6.36. The average Bonchev–Trinajstić information content (AvgIpc) is 2.42. The zero-order valence-electron chi connectivity index (χ0n) is 10.8. The second kappa shape index (κ2) is 6.56. The number of aromatic nitrogens is 2. The van der Waals surface area contributed by atoms with Crippen LogP contribution in [0.25, 0.3) is 0 Å². The molecule has 1 fully saturated rings. The van der Waals surface area contributed by atoms with E-state index in [9.17, 15) is 4.79 Å². The average molecular weight is 285 g/mol. The number of urea groups is 1. The maximum Gasteiger partial charge on any atom is 0.317 e. The lowest BCUT2D eigenvalue weighted by Gasteiger charge is -2.32. The SMILES string of the molecule is CCNC(=O)N1CCCC(Oc2ncc(Cl)cn2)C1. The lowest BCUT2D eigenvalue weighted by molar-refractivity contribution is 0.0941. The number of nitrogens with one attached hydrogen (secondary N) is 1. The van der Waals surface area contributed by atoms with E-state index in [1.165, 1.54) is 12.4 Å². The molecule has 1 saturated heterocycles. The molecule has 0 aromatic carbocycles. The fourth-order valence-corrected chi connectivity index (χ4v) is 2.09. The molecule has 1 atom stereocenters. The van der Waals surface area contributed by atoms with Gasteiger partial charge in [0.25, 0.3) is 0 Å². The molecule has 0 aliphatic carbocycles. The van der Waals surface area contributed by atoms with Gasteiger partial charge in [0.2, 0.25) is 0 Å². The van der Waals surface area contributed by atoms with Gasteiger partial charge in [0, 0.05) is 13.1 Å². The Balaban J connectivity index is 1.90. The number of amides is 2. The van der Waals surface area contributed by atoms with E-state index < -0.39 is 0 Å². The number of ether oxygens (including phenoxy) is 1. The first-order valence-corrected chi connectivity index (χ1v) is 6.74. The number of nitrogens with zero attached hydrogens (tertiary/aromatic N) is 3. The van der Waals surface area contributed by atoms with Crippen LogP contribution in [0.3, 0.4) is 0 Å². The Morgan fingerprint density at radius 1 is 1.58 bits per heavy atom. The molecule has 0 saturated carbocycles. The minimum absolute atomic E-state index is 0.0483. The standard InChI is InChI=1S/C12H17ClN4O2/c1-2-14-12(18)17-5-3-4-10(8-17)19-11-15-6-9(13)7-16-11/h6-7,10H,2-5,8H2,1H3,(H,14,18). The molecule has 1 aromatic heterocycles. The summed E-state index contributed by atoms with van der Waals surface area (Å²) in [5.74, 6) is 0. The van der Waals surface area contributed by atoms with Gasteiger partial charge < -0.3 is 15.0 Å². The maximum atomic E-state index is 11.8. The minimum atomic E-state index is -0.0717. The fraction of sp³-hybridized carbons (Fsp3) is 0.583. The summed E-state index contributed by atoms with van der Waals surface area (Å²) in [4.78, 5) is 21.5. The van der Waals surface area contributed by atoms with E-state index in [0.29, 0.717) is 24.1 Å². The summed E-state index contributed by atoms with van der Waals surface area (Å²) in [6.45, 7) is 3.84. The molecule has 104 valence electrons. The monoisotopic (exact) mass is 284 g/mol. The van der Waals surface area contributed by atoms with E-state index in [1.807, 2.05) is 6.92 Å². The fourth-order valence-electron chi connectivity index (χ4n) is 1.99. The van der Waals surface area contributed by atoms with Gasteiger partial charge in [-0.05, 0) is 19.8 Å². The van der Waals surface area contributed by atoms with E-state index in [0.717, 1.165) is 19.4 Å². The number of hydrogen-bond donors (Lipinski definition) is 1. The van der Waals surface area contributed by atoms with Crippen LogP contribution in [0.2, 0.25) is 5.02 Å². The second-order valence-electron chi connectivity index (χ2n) is 4.35. The molecule has 2 heterocycles. The van der Waals surface area contributed by atoms with Crippen LogP contribution in [0.4, 0.5) is 4.79 Å². The van der Waals surface area contributed by atoms with Crippen molar-refractivity contribution in [2.45, 2.75) is 25.9 Å². The van der Waals surface area contributed by atoms with E-state index >= 15 is 0 Å². The molecular formula is C12H17ClN4O2. The quantitative estimate of drug-likeness (QED) is 0.917. The Hall–Kier alpha value is -1.56. The van der Waals surface area contributed by atoms with Crippen molar-refractivity contribution in [2.24, 2.45) is 0 Å². The van der Waals surface area contributed by atoms with Crippen molar-refractivity contribution in [3.8, 4) is 6.01 Å². The lowest BCUT2D eigenvalue weighted by atomic mass is 10.1. The highest BCUT2D eigenvalue weighted by atomic mass is 35.5. The summed E-state index contributed by atoms with van der Waals surface area (Å²) >= 11 is 5.71. The van der Waals surface area contributed by atoms with Crippen molar-refractivity contribution in [3.63, 3.8) is 0 Å². The van der Waals surface area contributed by atoms with Gasteiger partial charge in [0.15, 0.2) is 0 Å². The van der Waals surface area contributed by atoms with Gasteiger partial charge in [-0.25, -0.2) is 14.8 Å². The summed E-state index contributed by atoms with van der Waals surface area (Å²) in [6.07, 6.45) is 4.72. The highest BCUT2D eigenvalue weighted by Gasteiger charge is 2.25. The van der Waals surface area contributed by atoms with Crippen molar-refractivity contribution >= 4 is 17.6 Å². The molecule has 1 aromatic rings. The molecule has 0 radical (unpaired) electrons. The van der Waals surface area contributed by atoms with E-state index in [2.05, 4.69) is 15.3 Å². The summed E-state index contributed by atoms with van der Waals surface area (Å²) in [7, 11) is 0. The second-order valence-corrected chi connectivity index (χ2v) is 4.78. The Morgan fingerprint density at radius 2 is 2.32 bits per heavy atom. The predicted molar refractivity (Wildman–Crippen MR) is 71.3 cm³/mol. The number of likely N-dealkylation sites (tertiary alicyclic amines) is 1. The largest absolute Gasteiger partial charge is 0.458 e. The van der Waals surface area contributed by atoms with Crippen LogP contribution in [0.1, 0.15) is 19.8 Å². The third-order valence-electron chi connectivity index (χ3n) is 2.86. The van der Waals surface area contributed by atoms with Crippen molar-refractivity contribution < 1.29 is 9.53 Å². The van der Waals surface area contributed by atoms with Crippen molar-refractivity contribution in [2.75, 3.05) is 19.6 Å². The zero-order chi connectivity index (χ0) is 13.7. The topological polar surface area (TPSA) is 67.4 Å². The zero-order valence-corrected chi connectivity index (χ0v) is 11.6. The van der Waals surface area contributed by atoms with Crippen LogP contribution in [0, 0.1) is 0 Å². The Labute approximate surface area is 117 Å². The molecule has 0 spiro atoms. The molecule has 1 N–H and O–H groups in total. The number of piperidine rings is 1. The number of hydrogen-bond acceptors (Lipinski definition) is 4. The molecule has 19 heavy (non-hydrogen) atoms. The van der Waals surface area contributed by atoms with Crippen LogP contribution < -0.4 is 10.1 Å². The van der Waals surface area contributed by atoms with Crippen molar-refractivity contribution in [1.82, 2.24) is 20.2 Å². The number of rotatable bonds is 3. The van der Waals surface area contributed by atoms with Gasteiger partial charge in [-0.15, -0.1) is 0 Å². The first-order chi connectivity index (χ1) is 9.19. The molecule has 2 rings (SSSR count). The van der Waals surface area contributed by atoms with Gasteiger partial charge in [-0.1, -0.05) is 11.6 Å². The van der Waals surface area contributed by atoms with Gasteiger partial charge in [0.05, 0.1) is 24.0 Å². The summed E-state index contributed by atoms with van der Waals surface area (Å²) in [5, 5.41) is 3.26. The maximum absolute atomic E-state index is 11.8. The molecule has 2 amide bonds. The van der Waals surface area contributed by atoms with Crippen LogP contribution in [-0.4, -0.2) is 46.6 Å². The van der Waals surface area contributed by atoms with Gasteiger partial charge in [0.1, 0.15) is 6.10 Å². The van der Waals surface area contributed by atoms with Crippen LogP contribution in [-0.2, 0) is 0 Å². The van der Waals surface area contributed by atoms with E-state index in [-0.39, 0.29) is 12.1 Å². The van der Waals surface area contributed by atoms with Crippen LogP contribution in [0.15, 0.2) is 12.4 Å². The van der Waals surface area contributed by atoms with E-state index in [4.69, 9.17) is 16.3 Å². The van der Waals surface area contributed by atoms with Crippen LogP contribution in [0.5, 0.6) is 6.01 Å². The molecule has 6 nitrogen and oxygen atoms in total. The Kier molecular flexibility index (Phi) is 4.79. The van der Waals surface area contributed by atoms with Crippen molar-refractivity contribution in [3.05, 3.63) is 17.4 Å². The molecule has 1 aliphatic heterocycles. The smallest absolute Gasteiger partial charge is 0.317 e. The van der Waals surface area contributed by atoms with Gasteiger partial charge in [-0.2, -0.15) is 0 Å². The molecule has 1 aliphatic rings. The Morgan fingerprint density at radius 3 is 3.00 bits per heavy atom. The van der Waals surface area contributed by atoms with Crippen molar-refractivity contribution in [1.29, 1.82) is 0 Å². The predicted octanol–water partition coefficient (Wildman–Crippen LogP) is 1.70. The summed E-state index contributed by atoms with van der Waals surface area (Å²) in [5.41, 5.74) is 0. The van der Waals surface area contributed by atoms with Gasteiger partial charge >= 0.3 is 12.0 Å². The lowest BCUT2D eigenvalue weighted by Crippen LogP contribution is -2.48. The molecule has 7 heteroatoms. The Bertz CT molecular complexity index is 426. The summed E-state index contributed by atoms with van der Waals surface area (Å²) in [6, 6.07) is 0.250. The molecule has 0 bridgehead atoms. The summed E-state index contributed by atoms with van der Waals surface area (Å²) < 4.78 is 5.67. The number of carbonyl (C=O) groups excluding carboxylic acids is 1. The van der Waals surface area contributed by atoms with E-state index in [1.54, 1.807) is 4.90 Å². The molecule has 1 unspecified atom stereocenters. The number of carbonyl (C=O) groups is 1. The minimum Gasteiger partial charge on any atom is -0.458 e. The molecular weight excluding hydrogens is 268 g/mol. The normalized spacial score (nSPS) is 19.1. The van der Waals surface area contributed by atoms with Gasteiger partial charge in [-0.3, -0.25) is 0 Å². The third-order valence-corrected chi connectivity index (χ3v) is 3.06. The van der Waals surface area contributed by atoms with Crippen LogP contribution >= 0.6 is 11.6 Å². The highest BCUT2D eigenvalue weighted by molar-refractivity contribution is 6.30. The first kappa shape index (κ1) is 13.9. The number of halogens is 1. The highest BCUT2D eigenvalue weighted by Crippen LogP contribution is 2.16.